The number of aromatic nitrogens is 1. The summed E-state index contributed by atoms with van der Waals surface area (Å²) >= 11 is 3.88. The van der Waals surface area contributed by atoms with Crippen LogP contribution >= 0.6 is 23.1 Å². The summed E-state index contributed by atoms with van der Waals surface area (Å²) in [6.45, 7) is 3.42. The van der Waals surface area contributed by atoms with Crippen LogP contribution in [-0.2, 0) is 0 Å². The number of nitrogens with one attached hydrogen (secondary N) is 1. The molecule has 4 heteroatoms. The van der Waals surface area contributed by atoms with Crippen LogP contribution in [0.3, 0.4) is 0 Å². The maximum Gasteiger partial charge on any atom is 0.112 e. The Morgan fingerprint density at radius 2 is 2.24 bits per heavy atom. The third-order valence-corrected chi connectivity index (χ3v) is 5.58. The number of para-hydroxylation sites is 1. The van der Waals surface area contributed by atoms with Crippen molar-refractivity contribution in [2.45, 2.75) is 24.6 Å². The third kappa shape index (κ3) is 2.49. The van der Waals surface area contributed by atoms with Gasteiger partial charge in [0.1, 0.15) is 5.01 Å². The van der Waals surface area contributed by atoms with E-state index < -0.39 is 0 Å². The highest BCUT2D eigenvalue weighted by atomic mass is 32.2. The summed E-state index contributed by atoms with van der Waals surface area (Å²) in [6, 6.07) is 8.83. The highest BCUT2D eigenvalue weighted by Crippen LogP contribution is 2.31. The van der Waals surface area contributed by atoms with Gasteiger partial charge >= 0.3 is 0 Å². The van der Waals surface area contributed by atoms with Crippen LogP contribution in [0.5, 0.6) is 0 Å². The predicted molar refractivity (Wildman–Crippen MR) is 76.9 cm³/mol. The molecule has 17 heavy (non-hydrogen) atoms. The van der Waals surface area contributed by atoms with E-state index in [9.17, 15) is 0 Å². The third-order valence-electron chi connectivity index (χ3n) is 3.10. The number of rotatable bonds is 1. The van der Waals surface area contributed by atoms with E-state index in [-0.39, 0.29) is 0 Å². The Labute approximate surface area is 110 Å². The Morgan fingerprint density at radius 1 is 1.35 bits per heavy atom. The predicted octanol–water partition coefficient (Wildman–Crippen LogP) is 3.45. The molecule has 1 N–H and O–H groups in total. The first-order valence-electron chi connectivity index (χ1n) is 6.03. The van der Waals surface area contributed by atoms with E-state index in [2.05, 4.69) is 48.3 Å². The maximum atomic E-state index is 4.75. The van der Waals surface area contributed by atoms with Crippen LogP contribution in [0.25, 0.3) is 10.2 Å². The SMILES string of the molecule is CC1CCNC(c2nc3ccccc3s2)CS1. The summed E-state index contributed by atoms with van der Waals surface area (Å²) in [5, 5.41) is 5.63. The van der Waals surface area contributed by atoms with Gasteiger partial charge in [-0.15, -0.1) is 11.3 Å². The van der Waals surface area contributed by atoms with E-state index in [1.807, 2.05) is 11.3 Å². The summed E-state index contributed by atoms with van der Waals surface area (Å²) in [7, 11) is 0. The second-order valence-electron chi connectivity index (χ2n) is 4.46. The highest BCUT2D eigenvalue weighted by molar-refractivity contribution is 7.99. The minimum Gasteiger partial charge on any atom is -0.307 e. The highest BCUT2D eigenvalue weighted by Gasteiger charge is 2.20. The Morgan fingerprint density at radius 3 is 3.12 bits per heavy atom. The number of benzene rings is 1. The summed E-state index contributed by atoms with van der Waals surface area (Å²) in [5.74, 6) is 1.14. The zero-order valence-electron chi connectivity index (χ0n) is 9.85. The van der Waals surface area contributed by atoms with E-state index in [1.54, 1.807) is 0 Å². The summed E-state index contributed by atoms with van der Waals surface area (Å²) in [5.41, 5.74) is 1.14. The molecule has 90 valence electrons. The zero-order chi connectivity index (χ0) is 11.7. The van der Waals surface area contributed by atoms with E-state index >= 15 is 0 Å². The molecule has 1 aromatic heterocycles. The van der Waals surface area contributed by atoms with Crippen molar-refractivity contribution in [2.75, 3.05) is 12.3 Å². The molecule has 0 amide bonds. The molecular weight excluding hydrogens is 248 g/mol. The number of thiazole rings is 1. The van der Waals surface area contributed by atoms with Crippen molar-refractivity contribution >= 4 is 33.3 Å². The lowest BCUT2D eigenvalue weighted by atomic mass is 10.3. The standard InChI is InChI=1S/C13H16N2S2/c1-9-6-7-14-11(8-16-9)13-15-10-4-2-3-5-12(10)17-13/h2-5,9,11,14H,6-8H2,1H3. The molecule has 2 nitrogen and oxygen atoms in total. The summed E-state index contributed by atoms with van der Waals surface area (Å²) < 4.78 is 1.30. The number of hydrogen-bond donors (Lipinski definition) is 1. The van der Waals surface area contributed by atoms with Gasteiger partial charge in [-0.25, -0.2) is 4.98 Å². The molecule has 2 atom stereocenters. The van der Waals surface area contributed by atoms with Crippen LogP contribution in [0.1, 0.15) is 24.4 Å². The van der Waals surface area contributed by atoms with Gasteiger partial charge in [-0.1, -0.05) is 19.1 Å². The number of fused-ring (bicyclic) bond motifs is 1. The van der Waals surface area contributed by atoms with Gasteiger partial charge in [-0.05, 0) is 25.1 Å². The number of nitrogens with zero attached hydrogens (tertiary/aromatic N) is 1. The molecule has 1 fully saturated rings. The van der Waals surface area contributed by atoms with Gasteiger partial charge in [0.15, 0.2) is 0 Å². The molecule has 1 saturated heterocycles. The first kappa shape index (κ1) is 11.5. The Balaban J connectivity index is 1.87. The van der Waals surface area contributed by atoms with E-state index in [4.69, 9.17) is 4.98 Å². The second kappa shape index (κ2) is 4.96. The van der Waals surface area contributed by atoms with Crippen LogP contribution in [-0.4, -0.2) is 22.5 Å². The molecule has 2 heterocycles. The zero-order valence-corrected chi connectivity index (χ0v) is 11.5. The van der Waals surface area contributed by atoms with Gasteiger partial charge in [0, 0.05) is 11.0 Å². The molecule has 1 aromatic carbocycles. The smallest absolute Gasteiger partial charge is 0.112 e. The van der Waals surface area contributed by atoms with Gasteiger partial charge in [-0.3, -0.25) is 0 Å². The Kier molecular flexibility index (Phi) is 3.36. The molecule has 0 saturated carbocycles. The maximum absolute atomic E-state index is 4.75. The molecule has 0 spiro atoms. The van der Waals surface area contributed by atoms with Crippen molar-refractivity contribution in [3.05, 3.63) is 29.3 Å². The van der Waals surface area contributed by atoms with Crippen LogP contribution in [0.4, 0.5) is 0 Å². The largest absolute Gasteiger partial charge is 0.307 e. The topological polar surface area (TPSA) is 24.9 Å². The molecule has 3 rings (SSSR count). The van der Waals surface area contributed by atoms with E-state index in [0.717, 1.165) is 23.1 Å². The molecule has 0 bridgehead atoms. The fourth-order valence-corrected chi connectivity index (χ4v) is 4.29. The van der Waals surface area contributed by atoms with Crippen molar-refractivity contribution in [1.82, 2.24) is 10.3 Å². The Hall–Kier alpha value is -0.580. The van der Waals surface area contributed by atoms with Crippen molar-refractivity contribution in [1.29, 1.82) is 0 Å². The van der Waals surface area contributed by atoms with E-state index in [0.29, 0.717) is 6.04 Å². The van der Waals surface area contributed by atoms with Gasteiger partial charge in [-0.2, -0.15) is 11.8 Å². The first-order valence-corrected chi connectivity index (χ1v) is 7.90. The normalized spacial score (nSPS) is 25.9. The lowest BCUT2D eigenvalue weighted by Crippen LogP contribution is -2.22. The van der Waals surface area contributed by atoms with Crippen molar-refractivity contribution in [3.8, 4) is 0 Å². The molecular formula is C13H16N2S2. The lowest BCUT2D eigenvalue weighted by Gasteiger charge is -2.11. The molecule has 1 aliphatic heterocycles. The van der Waals surface area contributed by atoms with Crippen LogP contribution in [0.2, 0.25) is 0 Å². The number of hydrogen-bond acceptors (Lipinski definition) is 4. The van der Waals surface area contributed by atoms with E-state index in [1.165, 1.54) is 16.1 Å². The van der Waals surface area contributed by atoms with Crippen LogP contribution in [0, 0.1) is 0 Å². The van der Waals surface area contributed by atoms with Crippen molar-refractivity contribution in [2.24, 2.45) is 0 Å². The average molecular weight is 264 g/mol. The van der Waals surface area contributed by atoms with Crippen molar-refractivity contribution < 1.29 is 0 Å². The van der Waals surface area contributed by atoms with Gasteiger partial charge in [0.25, 0.3) is 0 Å². The fraction of sp³-hybridized carbons (Fsp3) is 0.462. The summed E-state index contributed by atoms with van der Waals surface area (Å²) in [6.07, 6.45) is 1.26. The fourth-order valence-electron chi connectivity index (χ4n) is 2.06. The van der Waals surface area contributed by atoms with Gasteiger partial charge in [0.2, 0.25) is 0 Å². The molecule has 2 unspecified atom stereocenters. The minimum atomic E-state index is 0.433. The van der Waals surface area contributed by atoms with Crippen LogP contribution < -0.4 is 5.32 Å². The van der Waals surface area contributed by atoms with Crippen LogP contribution in [0.15, 0.2) is 24.3 Å². The monoisotopic (exact) mass is 264 g/mol. The number of thioether (sulfide) groups is 1. The molecule has 0 radical (unpaired) electrons. The summed E-state index contributed by atoms with van der Waals surface area (Å²) in [4.78, 5) is 4.75. The lowest BCUT2D eigenvalue weighted by molar-refractivity contribution is 0.577. The first-order chi connectivity index (χ1) is 8.33. The average Bonchev–Trinajstić information content (AvgIpc) is 2.65. The quantitative estimate of drug-likeness (QED) is 0.854. The molecule has 0 aliphatic carbocycles. The van der Waals surface area contributed by atoms with Gasteiger partial charge in [0.05, 0.1) is 16.3 Å². The van der Waals surface area contributed by atoms with Gasteiger partial charge < -0.3 is 5.32 Å². The minimum absolute atomic E-state index is 0.433. The second-order valence-corrected chi connectivity index (χ2v) is 6.99. The molecule has 2 aromatic rings. The van der Waals surface area contributed by atoms with Crippen molar-refractivity contribution in [3.63, 3.8) is 0 Å². The molecule has 1 aliphatic rings. The Bertz CT molecular complexity index is 476.